The molecule has 146 valence electrons. The van der Waals surface area contributed by atoms with E-state index in [2.05, 4.69) is 0 Å². The van der Waals surface area contributed by atoms with E-state index in [-0.39, 0.29) is 12.5 Å². The molecule has 7 heteroatoms. The quantitative estimate of drug-likeness (QED) is 0.661. The minimum absolute atomic E-state index is 0.133. The molecule has 2 heterocycles. The maximum absolute atomic E-state index is 14.2. The molecule has 0 radical (unpaired) electrons. The van der Waals surface area contributed by atoms with Crippen molar-refractivity contribution in [2.24, 2.45) is 5.92 Å². The molecule has 0 amide bonds. The van der Waals surface area contributed by atoms with Gasteiger partial charge in [-0.05, 0) is 43.7 Å². The van der Waals surface area contributed by atoms with Crippen LogP contribution >= 0.6 is 0 Å². The van der Waals surface area contributed by atoms with Crippen molar-refractivity contribution in [2.45, 2.75) is 52.2 Å². The SMILES string of the molecule is CCOC(=O)C(CC(C)C)n1cc(CCN2CCC(F)C2)cc(F)c1=O. The molecule has 1 saturated heterocycles. The number of hydrogen-bond donors (Lipinski definition) is 0. The fourth-order valence-corrected chi connectivity index (χ4v) is 3.27. The first kappa shape index (κ1) is 20.6. The van der Waals surface area contributed by atoms with Gasteiger partial charge >= 0.3 is 5.97 Å². The van der Waals surface area contributed by atoms with Crippen LogP contribution in [0.5, 0.6) is 0 Å². The Kier molecular flexibility index (Phi) is 7.32. The lowest BCUT2D eigenvalue weighted by Gasteiger charge is -2.21. The van der Waals surface area contributed by atoms with E-state index in [0.29, 0.717) is 44.5 Å². The highest BCUT2D eigenvalue weighted by Crippen LogP contribution is 2.19. The second-order valence-electron chi connectivity index (χ2n) is 7.24. The van der Waals surface area contributed by atoms with Crippen molar-refractivity contribution in [1.82, 2.24) is 9.47 Å². The Morgan fingerprint density at radius 1 is 1.42 bits per heavy atom. The highest BCUT2D eigenvalue weighted by atomic mass is 19.1. The number of halogens is 2. The number of ether oxygens (including phenoxy) is 1. The zero-order valence-corrected chi connectivity index (χ0v) is 15.7. The van der Waals surface area contributed by atoms with Crippen LogP contribution in [0.4, 0.5) is 8.78 Å². The lowest BCUT2D eigenvalue weighted by Crippen LogP contribution is -2.34. The molecule has 0 spiro atoms. The summed E-state index contributed by atoms with van der Waals surface area (Å²) < 4.78 is 33.7. The second-order valence-corrected chi connectivity index (χ2v) is 7.24. The van der Waals surface area contributed by atoms with Gasteiger partial charge < -0.3 is 9.64 Å². The number of esters is 1. The molecule has 1 aromatic heterocycles. The number of carbonyl (C=O) groups excluding carboxylic acids is 1. The van der Waals surface area contributed by atoms with Gasteiger partial charge in [-0.15, -0.1) is 0 Å². The van der Waals surface area contributed by atoms with Crippen LogP contribution in [0, 0.1) is 11.7 Å². The molecule has 1 aliphatic rings. The summed E-state index contributed by atoms with van der Waals surface area (Å²) >= 11 is 0. The predicted octanol–water partition coefficient (Wildman–Crippen LogP) is 2.72. The molecule has 0 saturated carbocycles. The average Bonchev–Trinajstić information content (AvgIpc) is 2.99. The van der Waals surface area contributed by atoms with Gasteiger partial charge in [-0.3, -0.25) is 9.36 Å². The Morgan fingerprint density at radius 3 is 2.73 bits per heavy atom. The van der Waals surface area contributed by atoms with Gasteiger partial charge in [0.15, 0.2) is 5.82 Å². The van der Waals surface area contributed by atoms with Crippen molar-refractivity contribution < 1.29 is 18.3 Å². The topological polar surface area (TPSA) is 51.5 Å². The van der Waals surface area contributed by atoms with E-state index >= 15 is 0 Å². The van der Waals surface area contributed by atoms with Gasteiger partial charge in [-0.25, -0.2) is 13.6 Å². The molecular weight excluding hydrogens is 342 g/mol. The summed E-state index contributed by atoms with van der Waals surface area (Å²) in [5, 5.41) is 0. The van der Waals surface area contributed by atoms with Crippen molar-refractivity contribution in [3.63, 3.8) is 0 Å². The first-order valence-electron chi connectivity index (χ1n) is 9.25. The van der Waals surface area contributed by atoms with Crippen molar-refractivity contribution in [3.8, 4) is 0 Å². The molecule has 0 N–H and O–H groups in total. The number of carbonyl (C=O) groups is 1. The van der Waals surface area contributed by atoms with Crippen LogP contribution < -0.4 is 5.56 Å². The molecule has 2 rings (SSSR count). The van der Waals surface area contributed by atoms with Crippen molar-refractivity contribution in [1.29, 1.82) is 0 Å². The third kappa shape index (κ3) is 5.37. The third-order valence-corrected chi connectivity index (χ3v) is 4.58. The zero-order chi connectivity index (χ0) is 19.3. The monoisotopic (exact) mass is 370 g/mol. The van der Waals surface area contributed by atoms with Gasteiger partial charge in [0.1, 0.15) is 12.2 Å². The Bertz CT molecular complexity index is 675. The lowest BCUT2D eigenvalue weighted by atomic mass is 10.0. The van der Waals surface area contributed by atoms with E-state index in [1.165, 1.54) is 6.07 Å². The average molecular weight is 370 g/mol. The van der Waals surface area contributed by atoms with E-state index in [1.807, 2.05) is 18.7 Å². The molecule has 1 aromatic rings. The maximum Gasteiger partial charge on any atom is 0.329 e. The van der Waals surface area contributed by atoms with Gasteiger partial charge in [0.25, 0.3) is 5.56 Å². The summed E-state index contributed by atoms with van der Waals surface area (Å²) in [6, 6.07) is 0.360. The minimum atomic E-state index is -0.884. The van der Waals surface area contributed by atoms with Gasteiger partial charge in [0.05, 0.1) is 6.61 Å². The van der Waals surface area contributed by atoms with E-state index in [1.54, 1.807) is 13.1 Å². The fourth-order valence-electron chi connectivity index (χ4n) is 3.27. The summed E-state index contributed by atoms with van der Waals surface area (Å²) in [5.74, 6) is -1.28. The number of rotatable bonds is 8. The van der Waals surface area contributed by atoms with Gasteiger partial charge in [0, 0.05) is 25.8 Å². The molecule has 0 aliphatic carbocycles. The number of hydrogen-bond acceptors (Lipinski definition) is 4. The smallest absolute Gasteiger partial charge is 0.329 e. The van der Waals surface area contributed by atoms with Crippen LogP contribution in [-0.2, 0) is 16.0 Å². The molecular formula is C19H28F2N2O3. The molecule has 0 aromatic carbocycles. The highest BCUT2D eigenvalue weighted by molar-refractivity contribution is 5.74. The summed E-state index contributed by atoms with van der Waals surface area (Å²) in [6.45, 7) is 7.41. The molecule has 1 fully saturated rings. The van der Waals surface area contributed by atoms with Crippen LogP contribution in [0.25, 0.3) is 0 Å². The second kappa shape index (κ2) is 9.26. The minimum Gasteiger partial charge on any atom is -0.464 e. The van der Waals surface area contributed by atoms with Crippen LogP contribution in [0.1, 0.15) is 45.2 Å². The number of aromatic nitrogens is 1. The Balaban J connectivity index is 2.23. The van der Waals surface area contributed by atoms with E-state index in [0.717, 1.165) is 4.57 Å². The zero-order valence-electron chi connectivity index (χ0n) is 15.7. The largest absolute Gasteiger partial charge is 0.464 e. The van der Waals surface area contributed by atoms with Crippen LogP contribution in [0.15, 0.2) is 17.1 Å². The first-order valence-corrected chi connectivity index (χ1v) is 9.25. The van der Waals surface area contributed by atoms with Crippen molar-refractivity contribution in [3.05, 3.63) is 34.0 Å². The normalized spacial score (nSPS) is 19.1. The molecule has 2 atom stereocenters. The van der Waals surface area contributed by atoms with Gasteiger partial charge in [0.2, 0.25) is 0 Å². The Labute approximate surface area is 152 Å². The summed E-state index contributed by atoms with van der Waals surface area (Å²) in [5.41, 5.74) is -0.208. The van der Waals surface area contributed by atoms with Crippen LogP contribution in [0.3, 0.4) is 0 Å². The van der Waals surface area contributed by atoms with Gasteiger partial charge in [-0.1, -0.05) is 13.8 Å². The first-order chi connectivity index (χ1) is 12.3. The molecule has 5 nitrogen and oxygen atoms in total. The third-order valence-electron chi connectivity index (χ3n) is 4.58. The van der Waals surface area contributed by atoms with Gasteiger partial charge in [-0.2, -0.15) is 0 Å². The highest BCUT2D eigenvalue weighted by Gasteiger charge is 2.26. The van der Waals surface area contributed by atoms with E-state index < -0.39 is 29.6 Å². The fraction of sp³-hybridized carbons (Fsp3) is 0.684. The van der Waals surface area contributed by atoms with Crippen molar-refractivity contribution in [2.75, 3.05) is 26.2 Å². The molecule has 2 unspecified atom stereocenters. The Hall–Kier alpha value is -1.76. The van der Waals surface area contributed by atoms with Crippen LogP contribution in [0.2, 0.25) is 0 Å². The molecule has 26 heavy (non-hydrogen) atoms. The number of pyridine rings is 1. The Morgan fingerprint density at radius 2 is 2.15 bits per heavy atom. The maximum atomic E-state index is 14.2. The summed E-state index contributed by atoms with van der Waals surface area (Å²) in [6.07, 6.45) is 2.13. The van der Waals surface area contributed by atoms with E-state index in [4.69, 9.17) is 4.74 Å². The summed E-state index contributed by atoms with van der Waals surface area (Å²) in [4.78, 5) is 26.6. The van der Waals surface area contributed by atoms with Crippen LogP contribution in [-0.4, -0.2) is 47.8 Å². The number of likely N-dealkylation sites (tertiary alicyclic amines) is 1. The number of nitrogens with zero attached hydrogens (tertiary/aromatic N) is 2. The van der Waals surface area contributed by atoms with Crippen molar-refractivity contribution >= 4 is 5.97 Å². The molecule has 0 bridgehead atoms. The van der Waals surface area contributed by atoms with E-state index in [9.17, 15) is 18.4 Å². The lowest BCUT2D eigenvalue weighted by molar-refractivity contribution is -0.147. The predicted molar refractivity (Wildman–Crippen MR) is 95.4 cm³/mol. The molecule has 1 aliphatic heterocycles. The summed E-state index contributed by atoms with van der Waals surface area (Å²) in [7, 11) is 0. The standard InChI is InChI=1S/C19H28F2N2O3/c1-4-26-19(25)17(9-13(2)3)23-11-14(10-16(21)18(23)24)5-7-22-8-6-15(20)12-22/h10-11,13,15,17H,4-9,12H2,1-3H3. The number of alkyl halides is 1.